The molecule has 10 heteroatoms. The van der Waals surface area contributed by atoms with Crippen molar-refractivity contribution in [1.82, 2.24) is 4.57 Å². The Morgan fingerprint density at radius 1 is 1.02 bits per heavy atom. The lowest BCUT2D eigenvalue weighted by Gasteiger charge is -2.24. The highest BCUT2D eigenvalue weighted by molar-refractivity contribution is 7.07. The molecule has 0 bridgehead atoms. The van der Waals surface area contributed by atoms with E-state index in [-0.39, 0.29) is 28.8 Å². The molecule has 1 atom stereocenters. The topological polar surface area (TPSA) is 90.2 Å². The Hall–Kier alpha value is -4.83. The highest BCUT2D eigenvalue weighted by Gasteiger charge is 2.37. The lowest BCUT2D eigenvalue weighted by atomic mass is 9.96. The third kappa shape index (κ3) is 4.44. The molecule has 2 aliphatic rings. The predicted octanol–water partition coefficient (Wildman–Crippen LogP) is 3.86. The zero-order valence-corrected chi connectivity index (χ0v) is 23.9. The van der Waals surface area contributed by atoms with Crippen LogP contribution >= 0.6 is 11.3 Å². The minimum Gasteiger partial charge on any atom is -0.497 e. The van der Waals surface area contributed by atoms with Gasteiger partial charge >= 0.3 is 5.97 Å². The summed E-state index contributed by atoms with van der Waals surface area (Å²) in [5, 5.41) is 0. The van der Waals surface area contributed by atoms with Crippen molar-refractivity contribution in [2.24, 2.45) is 4.99 Å². The first-order chi connectivity index (χ1) is 20.3. The fourth-order valence-corrected chi connectivity index (χ4v) is 6.53. The number of rotatable bonds is 6. The number of allylic oxidation sites excluding steroid dienone is 1. The monoisotopic (exact) mass is 583 g/mol. The predicted molar refractivity (Wildman–Crippen MR) is 156 cm³/mol. The van der Waals surface area contributed by atoms with E-state index in [9.17, 15) is 18.8 Å². The van der Waals surface area contributed by atoms with Gasteiger partial charge in [-0.15, -0.1) is 0 Å². The normalized spacial score (nSPS) is 17.1. The van der Waals surface area contributed by atoms with Gasteiger partial charge in [0.25, 0.3) is 11.5 Å². The molecule has 0 saturated carbocycles. The number of hydrogen-bond donors (Lipinski definition) is 0. The number of halogens is 1. The lowest BCUT2D eigenvalue weighted by molar-refractivity contribution is -0.139. The third-order valence-corrected chi connectivity index (χ3v) is 8.41. The molecule has 0 radical (unpaired) electrons. The van der Waals surface area contributed by atoms with E-state index in [1.807, 2.05) is 0 Å². The summed E-state index contributed by atoms with van der Waals surface area (Å²) in [7, 11) is 1.56. The summed E-state index contributed by atoms with van der Waals surface area (Å²) in [6.07, 6.45) is 0. The van der Waals surface area contributed by atoms with Gasteiger partial charge in [-0.2, -0.15) is 0 Å². The first-order valence-corrected chi connectivity index (χ1v) is 14.2. The van der Waals surface area contributed by atoms with Crippen molar-refractivity contribution in [3.8, 4) is 5.75 Å². The first-order valence-electron chi connectivity index (χ1n) is 13.3. The molecule has 8 nitrogen and oxygen atoms in total. The van der Waals surface area contributed by atoms with Crippen LogP contribution in [0.2, 0.25) is 0 Å². The van der Waals surface area contributed by atoms with Gasteiger partial charge in [-0.3, -0.25) is 14.2 Å². The van der Waals surface area contributed by atoms with Gasteiger partial charge in [-0.1, -0.05) is 59.9 Å². The number of para-hydroxylation sites is 1. The molecule has 1 amide bonds. The molecule has 42 heavy (non-hydrogen) atoms. The molecule has 0 saturated heterocycles. The van der Waals surface area contributed by atoms with Crippen molar-refractivity contribution in [3.63, 3.8) is 0 Å². The van der Waals surface area contributed by atoms with Crippen molar-refractivity contribution in [3.05, 3.63) is 126 Å². The molecule has 0 fully saturated rings. The fraction of sp³-hybridized carbons (Fsp3) is 0.188. The van der Waals surface area contributed by atoms with Crippen molar-refractivity contribution >= 4 is 34.5 Å². The summed E-state index contributed by atoms with van der Waals surface area (Å²) in [5.74, 6) is -0.783. The van der Waals surface area contributed by atoms with Gasteiger partial charge in [0, 0.05) is 11.1 Å². The largest absolute Gasteiger partial charge is 0.497 e. The second kappa shape index (κ2) is 10.9. The van der Waals surface area contributed by atoms with Crippen LogP contribution in [-0.4, -0.2) is 30.2 Å². The van der Waals surface area contributed by atoms with E-state index in [0.717, 1.165) is 11.3 Å². The molecule has 6 rings (SSSR count). The molecule has 0 spiro atoms. The lowest BCUT2D eigenvalue weighted by Crippen LogP contribution is -2.41. The molecule has 2 aliphatic heterocycles. The van der Waals surface area contributed by atoms with Crippen LogP contribution in [0.4, 0.5) is 10.1 Å². The van der Waals surface area contributed by atoms with Crippen LogP contribution in [0.3, 0.4) is 0 Å². The molecule has 0 aliphatic carbocycles. The average Bonchev–Trinajstić information content (AvgIpc) is 3.45. The van der Waals surface area contributed by atoms with Crippen LogP contribution in [0.25, 0.3) is 5.57 Å². The molecule has 4 aromatic rings. The number of ether oxygens (including phenoxy) is 2. The van der Waals surface area contributed by atoms with Crippen LogP contribution in [0.1, 0.15) is 36.6 Å². The number of benzene rings is 3. The van der Waals surface area contributed by atoms with E-state index in [1.165, 1.54) is 15.5 Å². The van der Waals surface area contributed by atoms with Gasteiger partial charge in [0.2, 0.25) is 0 Å². The van der Waals surface area contributed by atoms with Crippen LogP contribution in [0.5, 0.6) is 5.75 Å². The van der Waals surface area contributed by atoms with E-state index in [0.29, 0.717) is 38.6 Å². The van der Waals surface area contributed by atoms with Crippen molar-refractivity contribution in [2.75, 3.05) is 18.6 Å². The smallest absolute Gasteiger partial charge is 0.338 e. The summed E-state index contributed by atoms with van der Waals surface area (Å²) in [6, 6.07) is 19.7. The van der Waals surface area contributed by atoms with Crippen molar-refractivity contribution in [1.29, 1.82) is 0 Å². The number of aromatic nitrogens is 1. The van der Waals surface area contributed by atoms with Gasteiger partial charge < -0.3 is 14.4 Å². The molecular formula is C32H26FN3O5S. The Kier molecular flexibility index (Phi) is 7.07. The Bertz CT molecular complexity index is 1960. The SMILES string of the molecule is CCOC(=O)C1=C(C)N=c2s/c(=C3\C(=O)N(Cc4ccccc4F)c4ccccc43)c(=O)n2[C@H]1c1ccc(OC)cc1. The van der Waals surface area contributed by atoms with Crippen LogP contribution in [0, 0.1) is 5.82 Å². The standard InChI is InChI=1S/C32H26FN3O5S/c1-4-41-31(39)25-18(2)34-32-36(27(25)19-13-15-21(40-3)16-14-19)30(38)28(42-32)26-22-10-6-8-12-24(22)35(29(26)37)17-20-9-5-7-11-23(20)33/h5-16,27H,4,17H2,1-3H3/b28-26-/t27-/m0/s1. The molecule has 212 valence electrons. The highest BCUT2D eigenvalue weighted by Crippen LogP contribution is 2.37. The van der Waals surface area contributed by atoms with E-state index in [2.05, 4.69) is 4.99 Å². The average molecular weight is 584 g/mol. The van der Waals surface area contributed by atoms with E-state index in [1.54, 1.807) is 87.7 Å². The second-order valence-electron chi connectivity index (χ2n) is 9.77. The Labute approximate surface area is 244 Å². The molecule has 1 aromatic heterocycles. The van der Waals surface area contributed by atoms with Gasteiger partial charge in [-0.25, -0.2) is 14.2 Å². The van der Waals surface area contributed by atoms with Crippen molar-refractivity contribution < 1.29 is 23.5 Å². The van der Waals surface area contributed by atoms with Gasteiger partial charge in [0.15, 0.2) is 4.80 Å². The number of thiazole rings is 1. The zero-order valence-electron chi connectivity index (χ0n) is 23.1. The van der Waals surface area contributed by atoms with Crippen LogP contribution < -0.4 is 24.5 Å². The Morgan fingerprint density at radius 2 is 1.74 bits per heavy atom. The molecule has 0 N–H and O–H groups in total. The van der Waals surface area contributed by atoms with Gasteiger partial charge in [0.05, 0.1) is 48.8 Å². The number of anilines is 1. The third-order valence-electron chi connectivity index (χ3n) is 7.36. The Morgan fingerprint density at radius 3 is 2.45 bits per heavy atom. The van der Waals surface area contributed by atoms with Crippen LogP contribution in [-0.2, 0) is 20.9 Å². The summed E-state index contributed by atoms with van der Waals surface area (Å²) in [6.45, 7) is 3.58. The number of methoxy groups -OCH3 is 1. The number of nitrogens with zero attached hydrogens (tertiary/aromatic N) is 3. The molecule has 3 heterocycles. The number of hydrogen-bond acceptors (Lipinski definition) is 7. The summed E-state index contributed by atoms with van der Waals surface area (Å²) in [4.78, 5) is 47.9. The van der Waals surface area contributed by atoms with E-state index >= 15 is 0 Å². The minimum atomic E-state index is -0.832. The second-order valence-corrected chi connectivity index (χ2v) is 10.7. The number of carbonyl (C=O) groups excluding carboxylic acids is 2. The summed E-state index contributed by atoms with van der Waals surface area (Å²) in [5.41, 5.74) is 2.60. The fourth-order valence-electron chi connectivity index (χ4n) is 5.40. The Balaban J connectivity index is 1.57. The first kappa shape index (κ1) is 27.3. The zero-order chi connectivity index (χ0) is 29.5. The van der Waals surface area contributed by atoms with E-state index in [4.69, 9.17) is 9.47 Å². The summed E-state index contributed by atoms with van der Waals surface area (Å²) < 4.78 is 26.9. The number of amides is 1. The molecular weight excluding hydrogens is 557 g/mol. The van der Waals surface area contributed by atoms with E-state index < -0.39 is 29.3 Å². The maximum Gasteiger partial charge on any atom is 0.338 e. The van der Waals surface area contributed by atoms with Crippen molar-refractivity contribution in [2.45, 2.75) is 26.4 Å². The highest BCUT2D eigenvalue weighted by atomic mass is 32.1. The minimum absolute atomic E-state index is 0.00492. The quantitative estimate of drug-likeness (QED) is 0.322. The molecule has 0 unspecified atom stereocenters. The van der Waals surface area contributed by atoms with Gasteiger partial charge in [-0.05, 0) is 43.7 Å². The van der Waals surface area contributed by atoms with Crippen LogP contribution in [0.15, 0.2) is 93.9 Å². The maximum absolute atomic E-state index is 14.6. The molecule has 3 aromatic carbocycles. The summed E-state index contributed by atoms with van der Waals surface area (Å²) >= 11 is 1.09. The maximum atomic E-state index is 14.6. The number of carbonyl (C=O) groups is 2. The number of esters is 1. The number of fused-ring (bicyclic) bond motifs is 2. The van der Waals surface area contributed by atoms with Gasteiger partial charge in [0.1, 0.15) is 16.1 Å².